The maximum atomic E-state index is 13.6. The molecule has 1 spiro atoms. The smallest absolute Gasteiger partial charge is 0.418 e. The highest BCUT2D eigenvalue weighted by Gasteiger charge is 2.58. The van der Waals surface area contributed by atoms with Crippen molar-refractivity contribution >= 4 is 29.5 Å². The largest absolute Gasteiger partial charge is 0.427 e. The Balaban J connectivity index is 1.38. The highest BCUT2D eigenvalue weighted by atomic mass is 16.6. The molecule has 1 saturated carbocycles. The molecule has 2 fully saturated rings. The number of benzene rings is 2. The van der Waals surface area contributed by atoms with Crippen molar-refractivity contribution in [3.05, 3.63) is 65.2 Å². The molecule has 2 atom stereocenters. The van der Waals surface area contributed by atoms with Crippen LogP contribution >= 0.6 is 0 Å². The van der Waals surface area contributed by atoms with Gasteiger partial charge in [-0.05, 0) is 55.4 Å². The molecule has 3 aliphatic rings. The fraction of sp³-hybridized carbons (Fsp3) is 0.407. The Bertz CT molecular complexity index is 1190. The molecule has 0 unspecified atom stereocenters. The fourth-order valence-electron chi connectivity index (χ4n) is 5.21. The molecule has 0 radical (unpaired) electrons. The Morgan fingerprint density at radius 1 is 1.17 bits per heavy atom. The summed E-state index contributed by atoms with van der Waals surface area (Å²) in [5, 5.41) is 2.71. The number of amides is 4. The Labute approximate surface area is 204 Å². The summed E-state index contributed by atoms with van der Waals surface area (Å²) in [6.07, 6.45) is 2.21. The second kappa shape index (κ2) is 8.83. The summed E-state index contributed by atoms with van der Waals surface area (Å²) in [4.78, 5) is 54.2. The van der Waals surface area contributed by atoms with Gasteiger partial charge in [0.2, 0.25) is 17.4 Å². The average Bonchev–Trinajstić information content (AvgIpc) is 3.59. The zero-order valence-electron chi connectivity index (χ0n) is 20.0. The number of carbonyl (C=O) groups excluding carboxylic acids is 4. The highest BCUT2D eigenvalue weighted by molar-refractivity contribution is 6.06. The minimum atomic E-state index is -1.45. The van der Waals surface area contributed by atoms with Crippen LogP contribution in [0, 0.1) is 5.92 Å². The molecule has 1 aliphatic heterocycles. The third-order valence-electron chi connectivity index (χ3n) is 7.29. The molecule has 8 heteroatoms. The van der Waals surface area contributed by atoms with E-state index in [2.05, 4.69) is 5.32 Å². The number of nitrogens with zero attached hydrogens (tertiary/aromatic N) is 2. The number of carbonyl (C=O) groups is 4. The number of aryl methyl sites for hydroxylation is 1. The van der Waals surface area contributed by atoms with Gasteiger partial charge in [0.15, 0.2) is 0 Å². The number of hydrogen-bond donors (Lipinski definition) is 1. The Hall–Kier alpha value is -3.68. The fourth-order valence-corrected chi connectivity index (χ4v) is 5.21. The summed E-state index contributed by atoms with van der Waals surface area (Å²) < 4.78 is 5.69. The van der Waals surface area contributed by atoms with E-state index in [1.807, 2.05) is 43.3 Å². The number of hydrogen-bond acceptors (Lipinski definition) is 5. The van der Waals surface area contributed by atoms with Crippen LogP contribution in [0.1, 0.15) is 49.8 Å². The Morgan fingerprint density at radius 3 is 2.60 bits per heavy atom. The molecule has 2 aromatic carbocycles. The molecule has 2 aromatic rings. The molecular formula is C27H29N3O5. The van der Waals surface area contributed by atoms with Crippen LogP contribution in [0.15, 0.2) is 48.5 Å². The Kier molecular flexibility index (Phi) is 5.83. The molecule has 8 nitrogen and oxygen atoms in total. The van der Waals surface area contributed by atoms with E-state index in [0.29, 0.717) is 36.6 Å². The van der Waals surface area contributed by atoms with Crippen LogP contribution in [-0.4, -0.2) is 46.2 Å². The van der Waals surface area contributed by atoms with Gasteiger partial charge in [0.25, 0.3) is 5.91 Å². The van der Waals surface area contributed by atoms with Gasteiger partial charge < -0.3 is 15.0 Å². The second-order valence-electron chi connectivity index (χ2n) is 9.72. The van der Waals surface area contributed by atoms with Gasteiger partial charge in [0.05, 0.1) is 0 Å². The van der Waals surface area contributed by atoms with Crippen molar-refractivity contribution in [3.8, 4) is 0 Å². The van der Waals surface area contributed by atoms with E-state index in [4.69, 9.17) is 4.74 Å². The van der Waals surface area contributed by atoms with Gasteiger partial charge in [-0.2, -0.15) is 0 Å². The molecule has 1 heterocycles. The standard InChI is InChI=1S/C27H29N3O5/c1-17(20-8-9-20)29(15-19-6-4-3-5-7-19)24(32)16-30-25(33)27(35-26(30)34)13-12-21-10-11-22(14-23(21)27)28-18(2)31/h3-7,10-11,14,17,20H,8-9,12-13,15-16H2,1-2H3,(H,28,31)/t17-,27-/m0/s1. The lowest BCUT2D eigenvalue weighted by Gasteiger charge is -2.30. The summed E-state index contributed by atoms with van der Waals surface area (Å²) in [7, 11) is 0. The Morgan fingerprint density at radius 2 is 1.91 bits per heavy atom. The molecule has 2 aliphatic carbocycles. The molecule has 182 valence electrons. The number of rotatable bonds is 7. The van der Waals surface area contributed by atoms with Crippen LogP contribution in [-0.2, 0) is 37.7 Å². The van der Waals surface area contributed by atoms with Crippen molar-refractivity contribution in [3.63, 3.8) is 0 Å². The van der Waals surface area contributed by atoms with Gasteiger partial charge in [-0.3, -0.25) is 14.4 Å². The van der Waals surface area contributed by atoms with E-state index in [1.165, 1.54) is 6.92 Å². The molecule has 1 saturated heterocycles. The molecule has 5 rings (SSSR count). The van der Waals surface area contributed by atoms with Crippen LogP contribution in [0.4, 0.5) is 10.5 Å². The normalized spacial score (nSPS) is 21.6. The number of nitrogens with one attached hydrogen (secondary N) is 1. The first-order chi connectivity index (χ1) is 16.8. The predicted octanol–water partition coefficient (Wildman–Crippen LogP) is 3.59. The molecule has 35 heavy (non-hydrogen) atoms. The van der Waals surface area contributed by atoms with E-state index in [1.54, 1.807) is 17.0 Å². The van der Waals surface area contributed by atoms with E-state index < -0.39 is 17.6 Å². The lowest BCUT2D eigenvalue weighted by atomic mass is 9.94. The molecule has 4 amide bonds. The van der Waals surface area contributed by atoms with Crippen molar-refractivity contribution in [2.75, 3.05) is 11.9 Å². The quantitative estimate of drug-likeness (QED) is 0.660. The zero-order chi connectivity index (χ0) is 24.7. The summed E-state index contributed by atoms with van der Waals surface area (Å²) in [6, 6.07) is 15.0. The summed E-state index contributed by atoms with van der Waals surface area (Å²) >= 11 is 0. The topological polar surface area (TPSA) is 96.0 Å². The van der Waals surface area contributed by atoms with E-state index in [0.717, 1.165) is 28.9 Å². The molecular weight excluding hydrogens is 446 g/mol. The van der Waals surface area contributed by atoms with Crippen LogP contribution in [0.3, 0.4) is 0 Å². The first kappa shape index (κ1) is 23.1. The van der Waals surface area contributed by atoms with Crippen molar-refractivity contribution in [1.29, 1.82) is 0 Å². The van der Waals surface area contributed by atoms with Crippen LogP contribution < -0.4 is 5.32 Å². The van der Waals surface area contributed by atoms with Gasteiger partial charge in [-0.1, -0.05) is 36.4 Å². The van der Waals surface area contributed by atoms with Gasteiger partial charge in [-0.15, -0.1) is 0 Å². The molecule has 0 bridgehead atoms. The van der Waals surface area contributed by atoms with Crippen molar-refractivity contribution in [2.45, 2.75) is 57.7 Å². The monoisotopic (exact) mass is 475 g/mol. The minimum Gasteiger partial charge on any atom is -0.427 e. The summed E-state index contributed by atoms with van der Waals surface area (Å²) in [5.41, 5.74) is 1.54. The van der Waals surface area contributed by atoms with Gasteiger partial charge >= 0.3 is 6.09 Å². The molecule has 1 N–H and O–H groups in total. The third-order valence-corrected chi connectivity index (χ3v) is 7.29. The lowest BCUT2D eigenvalue weighted by molar-refractivity contribution is -0.143. The average molecular weight is 476 g/mol. The van der Waals surface area contributed by atoms with Crippen molar-refractivity contribution < 1.29 is 23.9 Å². The van der Waals surface area contributed by atoms with E-state index in [9.17, 15) is 19.2 Å². The number of imide groups is 1. The maximum absolute atomic E-state index is 13.6. The van der Waals surface area contributed by atoms with Gasteiger partial charge in [0.1, 0.15) is 6.54 Å². The number of ether oxygens (including phenoxy) is 1. The highest BCUT2D eigenvalue weighted by Crippen LogP contribution is 2.46. The lowest BCUT2D eigenvalue weighted by Crippen LogP contribution is -2.47. The second-order valence-corrected chi connectivity index (χ2v) is 9.72. The first-order valence-corrected chi connectivity index (χ1v) is 12.1. The van der Waals surface area contributed by atoms with Crippen LogP contribution in [0.2, 0.25) is 0 Å². The first-order valence-electron chi connectivity index (χ1n) is 12.1. The minimum absolute atomic E-state index is 0.0119. The number of anilines is 1. The van der Waals surface area contributed by atoms with Crippen LogP contribution in [0.25, 0.3) is 0 Å². The van der Waals surface area contributed by atoms with E-state index in [-0.39, 0.29) is 24.4 Å². The summed E-state index contributed by atoms with van der Waals surface area (Å²) in [6.45, 7) is 3.49. The van der Waals surface area contributed by atoms with Gasteiger partial charge in [-0.25, -0.2) is 9.69 Å². The third kappa shape index (κ3) is 4.29. The predicted molar refractivity (Wildman–Crippen MR) is 128 cm³/mol. The van der Waals surface area contributed by atoms with Crippen molar-refractivity contribution in [1.82, 2.24) is 9.80 Å². The zero-order valence-corrected chi connectivity index (χ0v) is 20.0. The van der Waals surface area contributed by atoms with Crippen molar-refractivity contribution in [2.24, 2.45) is 5.92 Å². The van der Waals surface area contributed by atoms with Gasteiger partial charge in [0, 0.05) is 37.2 Å². The maximum Gasteiger partial charge on any atom is 0.418 e. The molecule has 0 aromatic heterocycles. The SMILES string of the molecule is CC(=O)Nc1ccc2c(c1)[C@]1(CC2)OC(=O)N(CC(=O)N(Cc2ccccc2)[C@@H](C)C2CC2)C1=O. The van der Waals surface area contributed by atoms with Crippen LogP contribution in [0.5, 0.6) is 0 Å². The number of fused-ring (bicyclic) bond motifs is 2. The van der Waals surface area contributed by atoms with E-state index >= 15 is 0 Å². The summed E-state index contributed by atoms with van der Waals surface area (Å²) in [5.74, 6) is -0.597.